The van der Waals surface area contributed by atoms with Crippen LogP contribution in [0.1, 0.15) is 42.9 Å². The Balaban J connectivity index is 2.33. The molecule has 0 radical (unpaired) electrons. The predicted molar refractivity (Wildman–Crippen MR) is 50.2 cm³/mol. The first-order valence-corrected chi connectivity index (χ1v) is 4.77. The Bertz CT molecular complexity index is 332. The molecule has 2 heteroatoms. The second-order valence-corrected chi connectivity index (χ2v) is 3.53. The van der Waals surface area contributed by atoms with E-state index >= 15 is 0 Å². The topological polar surface area (TPSA) is 36.7 Å². The highest BCUT2D eigenvalue weighted by atomic mass is 14.7. The summed E-state index contributed by atoms with van der Waals surface area (Å²) < 4.78 is 0. The fourth-order valence-electron chi connectivity index (χ4n) is 2.04. The predicted octanol–water partition coefficient (Wildman–Crippen LogP) is 2.61. The van der Waals surface area contributed by atoms with E-state index in [0.717, 1.165) is 11.3 Å². The summed E-state index contributed by atoms with van der Waals surface area (Å²) in [6.45, 7) is 0. The van der Waals surface area contributed by atoms with Gasteiger partial charge in [0.25, 0.3) is 0 Å². The molecule has 2 rings (SSSR count). The molecule has 1 aromatic rings. The molecule has 0 aromatic carbocycles. The zero-order valence-corrected chi connectivity index (χ0v) is 7.53. The Morgan fingerprint density at radius 3 is 2.85 bits per heavy atom. The average Bonchev–Trinajstić information content (AvgIpc) is 2.70. The molecular weight excluding hydrogens is 160 g/mol. The summed E-state index contributed by atoms with van der Waals surface area (Å²) in [6.07, 6.45) is 6.75. The van der Waals surface area contributed by atoms with Crippen molar-refractivity contribution in [2.24, 2.45) is 0 Å². The molecule has 13 heavy (non-hydrogen) atoms. The maximum Gasteiger partial charge on any atom is 0.101 e. The molecule has 66 valence electrons. The van der Waals surface area contributed by atoms with Crippen LogP contribution >= 0.6 is 0 Å². The minimum Gasteiger partial charge on any atom is -0.260 e. The lowest BCUT2D eigenvalue weighted by Crippen LogP contribution is -1.99. The van der Waals surface area contributed by atoms with Crippen LogP contribution in [0.25, 0.3) is 0 Å². The van der Waals surface area contributed by atoms with E-state index in [1.807, 2.05) is 12.1 Å². The number of hydrogen-bond donors (Lipinski definition) is 0. The Kier molecular flexibility index (Phi) is 2.27. The van der Waals surface area contributed by atoms with Crippen LogP contribution < -0.4 is 0 Å². The molecule has 0 amide bonds. The van der Waals surface area contributed by atoms with Crippen LogP contribution in [0, 0.1) is 11.3 Å². The van der Waals surface area contributed by atoms with Gasteiger partial charge in [0.2, 0.25) is 0 Å². The summed E-state index contributed by atoms with van der Waals surface area (Å²) in [5.41, 5.74) is 1.77. The maximum atomic E-state index is 8.89. The van der Waals surface area contributed by atoms with Gasteiger partial charge in [0.1, 0.15) is 6.07 Å². The van der Waals surface area contributed by atoms with Crippen molar-refractivity contribution < 1.29 is 0 Å². The lowest BCUT2D eigenvalue weighted by atomic mass is 9.99. The van der Waals surface area contributed by atoms with E-state index in [4.69, 9.17) is 5.26 Å². The van der Waals surface area contributed by atoms with Crippen LogP contribution in [0.15, 0.2) is 18.3 Å². The van der Waals surface area contributed by atoms with Gasteiger partial charge in [0, 0.05) is 12.1 Å². The highest BCUT2D eigenvalue weighted by molar-refractivity contribution is 5.34. The second-order valence-electron chi connectivity index (χ2n) is 3.53. The van der Waals surface area contributed by atoms with Crippen molar-refractivity contribution in [3.05, 3.63) is 29.6 Å². The minimum absolute atomic E-state index is 0.538. The number of hydrogen-bond acceptors (Lipinski definition) is 2. The average molecular weight is 172 g/mol. The molecular formula is C11H12N2. The first-order valence-electron chi connectivity index (χ1n) is 4.77. The summed E-state index contributed by atoms with van der Waals surface area (Å²) in [7, 11) is 0. The molecule has 0 N–H and O–H groups in total. The third-order valence-corrected chi connectivity index (χ3v) is 2.70. The number of nitrogens with zero attached hydrogens (tertiary/aromatic N) is 2. The molecule has 1 aliphatic carbocycles. The lowest BCUT2D eigenvalue weighted by molar-refractivity contribution is 0.695. The van der Waals surface area contributed by atoms with Crippen molar-refractivity contribution in [2.75, 3.05) is 0 Å². The maximum absolute atomic E-state index is 8.89. The number of nitriles is 1. The standard InChI is InChI=1S/C11H12N2/c12-8-10-6-3-7-13-11(10)9-4-1-2-5-9/h3,6-7,9H,1-2,4-5H2. The minimum atomic E-state index is 0.538. The molecule has 1 saturated carbocycles. The van der Waals surface area contributed by atoms with E-state index in [1.54, 1.807) is 6.20 Å². The van der Waals surface area contributed by atoms with Gasteiger partial charge in [-0.25, -0.2) is 0 Å². The van der Waals surface area contributed by atoms with Gasteiger partial charge < -0.3 is 0 Å². The van der Waals surface area contributed by atoms with Gasteiger partial charge >= 0.3 is 0 Å². The Morgan fingerprint density at radius 2 is 2.15 bits per heavy atom. The van der Waals surface area contributed by atoms with Crippen LogP contribution in [-0.2, 0) is 0 Å². The van der Waals surface area contributed by atoms with Crippen LogP contribution in [-0.4, -0.2) is 4.98 Å². The van der Waals surface area contributed by atoms with E-state index in [-0.39, 0.29) is 0 Å². The van der Waals surface area contributed by atoms with Gasteiger partial charge in [-0.2, -0.15) is 5.26 Å². The van der Waals surface area contributed by atoms with Crippen LogP contribution in [0.3, 0.4) is 0 Å². The quantitative estimate of drug-likeness (QED) is 0.652. The summed E-state index contributed by atoms with van der Waals surface area (Å²) in [4.78, 5) is 4.31. The molecule has 0 aliphatic heterocycles. The lowest BCUT2D eigenvalue weighted by Gasteiger charge is -2.08. The summed E-state index contributed by atoms with van der Waals surface area (Å²) >= 11 is 0. The van der Waals surface area contributed by atoms with E-state index in [0.29, 0.717) is 5.92 Å². The first kappa shape index (κ1) is 8.25. The zero-order valence-electron chi connectivity index (χ0n) is 7.53. The van der Waals surface area contributed by atoms with E-state index in [2.05, 4.69) is 11.1 Å². The smallest absolute Gasteiger partial charge is 0.101 e. The molecule has 2 nitrogen and oxygen atoms in total. The van der Waals surface area contributed by atoms with Gasteiger partial charge in [-0.05, 0) is 25.0 Å². The largest absolute Gasteiger partial charge is 0.260 e. The van der Waals surface area contributed by atoms with Crippen molar-refractivity contribution >= 4 is 0 Å². The van der Waals surface area contributed by atoms with E-state index in [1.165, 1.54) is 25.7 Å². The van der Waals surface area contributed by atoms with E-state index < -0.39 is 0 Å². The third kappa shape index (κ3) is 1.55. The Hall–Kier alpha value is -1.36. The number of rotatable bonds is 1. The van der Waals surface area contributed by atoms with Gasteiger partial charge in [0.15, 0.2) is 0 Å². The SMILES string of the molecule is N#Cc1cccnc1C1CCCC1. The summed E-state index contributed by atoms with van der Waals surface area (Å²) in [6, 6.07) is 5.90. The number of pyridine rings is 1. The molecule has 1 aliphatic rings. The molecule has 1 aromatic heterocycles. The van der Waals surface area contributed by atoms with Crippen molar-refractivity contribution in [1.82, 2.24) is 4.98 Å². The summed E-state index contributed by atoms with van der Waals surface area (Å²) in [5.74, 6) is 0.538. The monoisotopic (exact) mass is 172 g/mol. The van der Waals surface area contributed by atoms with Crippen molar-refractivity contribution in [3.63, 3.8) is 0 Å². The molecule has 0 bridgehead atoms. The first-order chi connectivity index (χ1) is 6.42. The molecule has 0 atom stereocenters. The van der Waals surface area contributed by atoms with Crippen molar-refractivity contribution in [2.45, 2.75) is 31.6 Å². The van der Waals surface area contributed by atoms with Gasteiger partial charge in [0.05, 0.1) is 11.3 Å². The molecule has 1 fully saturated rings. The normalized spacial score (nSPS) is 17.2. The van der Waals surface area contributed by atoms with E-state index in [9.17, 15) is 0 Å². The summed E-state index contributed by atoms with van der Waals surface area (Å²) in [5, 5.41) is 8.89. The highest BCUT2D eigenvalue weighted by Crippen LogP contribution is 2.34. The fraction of sp³-hybridized carbons (Fsp3) is 0.455. The number of aromatic nitrogens is 1. The fourth-order valence-corrected chi connectivity index (χ4v) is 2.04. The zero-order chi connectivity index (χ0) is 9.10. The van der Waals surface area contributed by atoms with Crippen LogP contribution in [0.4, 0.5) is 0 Å². The van der Waals surface area contributed by atoms with Crippen molar-refractivity contribution in [1.29, 1.82) is 5.26 Å². The Labute approximate surface area is 78.2 Å². The van der Waals surface area contributed by atoms with Crippen molar-refractivity contribution in [3.8, 4) is 6.07 Å². The Morgan fingerprint density at radius 1 is 1.38 bits per heavy atom. The van der Waals surface area contributed by atoms with Gasteiger partial charge in [-0.15, -0.1) is 0 Å². The third-order valence-electron chi connectivity index (χ3n) is 2.70. The molecule has 0 saturated heterocycles. The molecule has 1 heterocycles. The van der Waals surface area contributed by atoms with Crippen LogP contribution in [0.2, 0.25) is 0 Å². The van der Waals surface area contributed by atoms with Gasteiger partial charge in [-0.3, -0.25) is 4.98 Å². The highest BCUT2D eigenvalue weighted by Gasteiger charge is 2.20. The van der Waals surface area contributed by atoms with Crippen LogP contribution in [0.5, 0.6) is 0 Å². The second kappa shape index (κ2) is 3.57. The molecule has 0 spiro atoms. The van der Waals surface area contributed by atoms with Gasteiger partial charge in [-0.1, -0.05) is 12.8 Å². The molecule has 0 unspecified atom stereocenters.